The number of rotatable bonds is 8. The van der Waals surface area contributed by atoms with E-state index in [9.17, 15) is 29.4 Å². The van der Waals surface area contributed by atoms with Crippen LogP contribution in [0.15, 0.2) is 0 Å². The Labute approximate surface area is 158 Å². The topological polar surface area (TPSA) is 151 Å². The Morgan fingerprint density at radius 3 is 1.26 bits per heavy atom. The summed E-state index contributed by atoms with van der Waals surface area (Å²) < 4.78 is 10.0. The molecule has 156 valence electrons. The first kappa shape index (κ1) is 24.5. The first-order chi connectivity index (χ1) is 12.1. The first-order valence-electron chi connectivity index (χ1n) is 8.55. The Bertz CT molecular complexity index is 500. The van der Waals surface area contributed by atoms with Crippen LogP contribution in [0.25, 0.3) is 0 Å². The minimum Gasteiger partial charge on any atom is -0.480 e. The third kappa shape index (κ3) is 12.5. The molecule has 0 aromatic carbocycles. The summed E-state index contributed by atoms with van der Waals surface area (Å²) >= 11 is 0. The van der Waals surface area contributed by atoms with Gasteiger partial charge in [0.05, 0.1) is 0 Å². The lowest BCUT2D eigenvalue weighted by Gasteiger charge is -2.23. The van der Waals surface area contributed by atoms with Gasteiger partial charge in [-0.05, 0) is 60.8 Å². The number of carbonyl (C=O) groups is 4. The Kier molecular flexibility index (Phi) is 9.05. The largest absolute Gasteiger partial charge is 0.480 e. The highest BCUT2D eigenvalue weighted by molar-refractivity contribution is 5.80. The van der Waals surface area contributed by atoms with Crippen molar-refractivity contribution >= 4 is 24.1 Å². The monoisotopic (exact) mass is 390 g/mol. The van der Waals surface area contributed by atoms with Gasteiger partial charge in [-0.2, -0.15) is 0 Å². The third-order valence-corrected chi connectivity index (χ3v) is 2.96. The second kappa shape index (κ2) is 9.98. The van der Waals surface area contributed by atoms with Crippen LogP contribution in [-0.4, -0.2) is 57.6 Å². The lowest BCUT2D eigenvalue weighted by molar-refractivity contribution is -0.139. The zero-order valence-electron chi connectivity index (χ0n) is 16.6. The van der Waals surface area contributed by atoms with Crippen LogP contribution in [0, 0.1) is 0 Å². The number of nitrogens with one attached hydrogen (secondary N) is 2. The highest BCUT2D eigenvalue weighted by Gasteiger charge is 2.27. The average Bonchev–Trinajstić information content (AvgIpc) is 2.40. The van der Waals surface area contributed by atoms with Crippen LogP contribution in [0.5, 0.6) is 0 Å². The SMILES string of the molecule is CC(C)(C)OC(=O)N[C@@H](CCC[C@H](NC(=O)OC(C)(C)C)C(=O)O)C(=O)O. The lowest BCUT2D eigenvalue weighted by Crippen LogP contribution is -2.45. The highest BCUT2D eigenvalue weighted by atomic mass is 16.6. The van der Waals surface area contributed by atoms with Gasteiger partial charge < -0.3 is 30.3 Å². The van der Waals surface area contributed by atoms with Gasteiger partial charge in [0.25, 0.3) is 0 Å². The fourth-order valence-electron chi connectivity index (χ4n) is 1.94. The maximum absolute atomic E-state index is 11.7. The van der Waals surface area contributed by atoms with E-state index in [-0.39, 0.29) is 19.3 Å². The second-order valence-corrected chi connectivity index (χ2v) is 8.01. The quantitative estimate of drug-likeness (QED) is 0.492. The summed E-state index contributed by atoms with van der Waals surface area (Å²) in [6, 6.07) is -2.48. The van der Waals surface area contributed by atoms with E-state index >= 15 is 0 Å². The van der Waals surface area contributed by atoms with Gasteiger partial charge in [-0.1, -0.05) is 0 Å². The molecule has 0 aliphatic heterocycles. The van der Waals surface area contributed by atoms with Crippen LogP contribution in [0.2, 0.25) is 0 Å². The summed E-state index contributed by atoms with van der Waals surface area (Å²) in [5, 5.41) is 22.8. The van der Waals surface area contributed by atoms with Gasteiger partial charge >= 0.3 is 24.1 Å². The molecule has 10 nitrogen and oxygen atoms in total. The van der Waals surface area contributed by atoms with Crippen molar-refractivity contribution in [3.63, 3.8) is 0 Å². The van der Waals surface area contributed by atoms with Crippen LogP contribution >= 0.6 is 0 Å². The number of amides is 2. The number of hydrogen-bond donors (Lipinski definition) is 4. The number of carbonyl (C=O) groups excluding carboxylic acids is 2. The summed E-state index contributed by atoms with van der Waals surface area (Å²) in [6.45, 7) is 9.85. The number of alkyl carbamates (subject to hydrolysis) is 2. The average molecular weight is 390 g/mol. The maximum atomic E-state index is 11.7. The zero-order chi connectivity index (χ0) is 21.4. The van der Waals surface area contributed by atoms with Crippen LogP contribution in [-0.2, 0) is 19.1 Å². The molecule has 10 heteroatoms. The zero-order valence-corrected chi connectivity index (χ0v) is 16.6. The molecule has 0 saturated heterocycles. The predicted molar refractivity (Wildman–Crippen MR) is 95.4 cm³/mol. The van der Waals surface area contributed by atoms with E-state index < -0.39 is 47.4 Å². The van der Waals surface area contributed by atoms with Crippen LogP contribution in [0.1, 0.15) is 60.8 Å². The second-order valence-electron chi connectivity index (χ2n) is 8.01. The summed E-state index contributed by atoms with van der Waals surface area (Å²) in [5.74, 6) is -2.54. The van der Waals surface area contributed by atoms with E-state index in [2.05, 4.69) is 10.6 Å². The van der Waals surface area contributed by atoms with E-state index in [0.717, 1.165) is 0 Å². The Morgan fingerprint density at radius 1 is 0.741 bits per heavy atom. The van der Waals surface area contributed by atoms with Gasteiger partial charge in [-0.25, -0.2) is 19.2 Å². The molecule has 0 fully saturated rings. The molecule has 0 saturated carbocycles. The van der Waals surface area contributed by atoms with Crippen molar-refractivity contribution in [2.75, 3.05) is 0 Å². The van der Waals surface area contributed by atoms with E-state index in [1.165, 1.54) is 0 Å². The van der Waals surface area contributed by atoms with Crippen LogP contribution < -0.4 is 10.6 Å². The smallest absolute Gasteiger partial charge is 0.408 e. The minimum atomic E-state index is -1.27. The van der Waals surface area contributed by atoms with Crippen LogP contribution in [0.4, 0.5) is 9.59 Å². The fraction of sp³-hybridized carbons (Fsp3) is 0.765. The molecule has 2 amide bonds. The summed E-state index contributed by atoms with van der Waals surface area (Å²) in [5.41, 5.74) is -1.56. The normalized spacial score (nSPS) is 13.9. The number of aliphatic carboxylic acids is 2. The molecule has 0 spiro atoms. The molecule has 0 aliphatic carbocycles. The van der Waals surface area contributed by atoms with Gasteiger partial charge in [-0.15, -0.1) is 0 Å². The molecule has 0 aliphatic rings. The van der Waals surface area contributed by atoms with Crippen molar-refractivity contribution in [3.05, 3.63) is 0 Å². The lowest BCUT2D eigenvalue weighted by atomic mass is 10.1. The summed E-state index contributed by atoms with van der Waals surface area (Å²) in [6.07, 6.45) is -1.70. The van der Waals surface area contributed by atoms with Crippen molar-refractivity contribution in [3.8, 4) is 0 Å². The van der Waals surface area contributed by atoms with Gasteiger partial charge in [0, 0.05) is 0 Å². The van der Waals surface area contributed by atoms with Gasteiger partial charge in [0.2, 0.25) is 0 Å². The van der Waals surface area contributed by atoms with Crippen LogP contribution in [0.3, 0.4) is 0 Å². The van der Waals surface area contributed by atoms with E-state index in [0.29, 0.717) is 0 Å². The molecular formula is C17H30N2O8. The number of hydrogen-bond acceptors (Lipinski definition) is 6. The van der Waals surface area contributed by atoms with Crippen molar-refractivity contribution < 1.29 is 38.9 Å². The van der Waals surface area contributed by atoms with Crippen molar-refractivity contribution in [2.24, 2.45) is 0 Å². The molecule has 4 N–H and O–H groups in total. The van der Waals surface area contributed by atoms with E-state index in [1.54, 1.807) is 41.5 Å². The van der Waals surface area contributed by atoms with Crippen molar-refractivity contribution in [1.29, 1.82) is 0 Å². The predicted octanol–water partition coefficient (Wildman–Crippen LogP) is 2.11. The number of carboxylic acid groups (broad SMARTS) is 2. The Balaban J connectivity index is 4.64. The molecule has 0 aromatic heterocycles. The molecule has 0 bridgehead atoms. The molecule has 27 heavy (non-hydrogen) atoms. The van der Waals surface area contributed by atoms with Gasteiger partial charge in [-0.3, -0.25) is 0 Å². The van der Waals surface area contributed by atoms with E-state index in [1.807, 2.05) is 0 Å². The molecule has 0 rings (SSSR count). The number of ether oxygens (including phenoxy) is 2. The molecule has 0 aromatic rings. The van der Waals surface area contributed by atoms with Gasteiger partial charge in [0.15, 0.2) is 0 Å². The summed E-state index contributed by atoms with van der Waals surface area (Å²) in [7, 11) is 0. The maximum Gasteiger partial charge on any atom is 0.408 e. The standard InChI is InChI=1S/C17H30N2O8/c1-16(2,3)26-14(24)18-10(12(20)21)8-7-9-11(13(22)23)19-15(25)27-17(4,5)6/h10-11H,7-9H2,1-6H3,(H,18,24)(H,19,25)(H,20,21)(H,22,23)/t10-,11-/m0/s1. The minimum absolute atomic E-state index is 0.0334. The Hall–Kier alpha value is -2.52. The highest BCUT2D eigenvalue weighted by Crippen LogP contribution is 2.11. The van der Waals surface area contributed by atoms with E-state index in [4.69, 9.17) is 9.47 Å². The molecule has 0 unspecified atom stereocenters. The van der Waals surface area contributed by atoms with Crippen molar-refractivity contribution in [2.45, 2.75) is 84.1 Å². The van der Waals surface area contributed by atoms with Crippen molar-refractivity contribution in [1.82, 2.24) is 10.6 Å². The number of carboxylic acids is 2. The summed E-state index contributed by atoms with van der Waals surface area (Å²) in [4.78, 5) is 45.9. The molecular weight excluding hydrogens is 360 g/mol. The van der Waals surface area contributed by atoms with Gasteiger partial charge in [0.1, 0.15) is 23.3 Å². The molecule has 0 radical (unpaired) electrons. The third-order valence-electron chi connectivity index (χ3n) is 2.96. The first-order valence-corrected chi connectivity index (χ1v) is 8.55. The molecule has 2 atom stereocenters. The fourth-order valence-corrected chi connectivity index (χ4v) is 1.94. The Morgan fingerprint density at radius 2 is 1.04 bits per heavy atom. The molecule has 0 heterocycles.